The first-order chi connectivity index (χ1) is 13.7. The molecule has 2 heterocycles. The summed E-state index contributed by atoms with van der Waals surface area (Å²) in [5, 5.41) is 7.00. The minimum absolute atomic E-state index is 0.184. The van der Waals surface area contributed by atoms with Crippen molar-refractivity contribution in [2.45, 2.75) is 37.9 Å². The molecule has 1 N–H and O–H groups in total. The Morgan fingerprint density at radius 3 is 2.54 bits per heavy atom. The summed E-state index contributed by atoms with van der Waals surface area (Å²) in [5.74, 6) is 0.745. The van der Waals surface area contributed by atoms with Gasteiger partial charge in [0.1, 0.15) is 12.7 Å². The maximum absolute atomic E-state index is 12.6. The molecule has 7 heteroatoms. The molecule has 0 saturated heterocycles. The Morgan fingerprint density at radius 2 is 1.79 bits per heavy atom. The fraction of sp³-hybridized carbons (Fsp3) is 0.286. The number of hydrogen-bond donors (Lipinski definition) is 1. The summed E-state index contributed by atoms with van der Waals surface area (Å²) in [5.41, 5.74) is 2.08. The van der Waals surface area contributed by atoms with Gasteiger partial charge in [-0.15, -0.1) is 0 Å². The zero-order valence-corrected chi connectivity index (χ0v) is 15.3. The topological polar surface area (TPSA) is 78.3 Å². The second-order valence-electron chi connectivity index (χ2n) is 7.18. The molecule has 0 radical (unpaired) electrons. The number of anilines is 1. The van der Waals surface area contributed by atoms with Crippen LogP contribution in [-0.2, 0) is 0 Å². The van der Waals surface area contributed by atoms with Crippen LogP contribution in [0.5, 0.6) is 11.5 Å². The zero-order valence-electron chi connectivity index (χ0n) is 15.3. The highest BCUT2D eigenvalue weighted by Gasteiger charge is 2.42. The molecule has 5 rings (SSSR count). The molecule has 1 fully saturated rings. The minimum Gasteiger partial charge on any atom is -0.448 e. The summed E-state index contributed by atoms with van der Waals surface area (Å²) in [6.45, 7) is 0. The largest absolute Gasteiger partial charge is 0.448 e. The molecule has 0 bridgehead atoms. The molecular weight excluding hydrogens is 356 g/mol. The average Bonchev–Trinajstić information content (AvgIpc) is 3.36. The van der Waals surface area contributed by atoms with Crippen molar-refractivity contribution < 1.29 is 14.3 Å². The second kappa shape index (κ2) is 6.67. The van der Waals surface area contributed by atoms with E-state index in [1.165, 1.54) is 12.7 Å². The van der Waals surface area contributed by atoms with Crippen molar-refractivity contribution in [2.75, 3.05) is 5.32 Å². The lowest BCUT2D eigenvalue weighted by Gasteiger charge is -2.31. The first-order valence-electron chi connectivity index (χ1n) is 9.49. The standard InChI is InChI=1S/C21H20N4O3/c26-20(15-4-7-17(8-5-15)25-14-22-13-23-25)24-16-6-9-18-19(12-16)28-21(27-18)10-2-1-3-11-21/h4-9,12-14H,1-3,10-11H2,(H,24,26). The summed E-state index contributed by atoms with van der Waals surface area (Å²) in [6.07, 6.45) is 8.34. The van der Waals surface area contributed by atoms with Gasteiger partial charge in [0.2, 0.25) is 0 Å². The van der Waals surface area contributed by atoms with Crippen LogP contribution < -0.4 is 14.8 Å². The molecule has 28 heavy (non-hydrogen) atoms. The number of carbonyl (C=O) groups excluding carboxylic acids is 1. The van der Waals surface area contributed by atoms with Crippen LogP contribution >= 0.6 is 0 Å². The van der Waals surface area contributed by atoms with Crippen molar-refractivity contribution in [3.63, 3.8) is 0 Å². The Bertz CT molecular complexity index is 993. The number of benzene rings is 2. The minimum atomic E-state index is -0.513. The van der Waals surface area contributed by atoms with Gasteiger partial charge in [0, 0.05) is 30.2 Å². The molecule has 1 amide bonds. The summed E-state index contributed by atoms with van der Waals surface area (Å²) in [7, 11) is 0. The summed E-state index contributed by atoms with van der Waals surface area (Å²) < 4.78 is 13.9. The third kappa shape index (κ3) is 3.09. The van der Waals surface area contributed by atoms with Crippen LogP contribution in [0, 0.1) is 0 Å². The number of amides is 1. The number of ether oxygens (including phenoxy) is 2. The van der Waals surface area contributed by atoms with Crippen molar-refractivity contribution in [1.29, 1.82) is 0 Å². The van der Waals surface area contributed by atoms with E-state index in [1.807, 2.05) is 30.3 Å². The molecule has 7 nitrogen and oxygen atoms in total. The predicted molar refractivity (Wildman–Crippen MR) is 103 cm³/mol. The summed E-state index contributed by atoms with van der Waals surface area (Å²) >= 11 is 0. The Morgan fingerprint density at radius 1 is 1.00 bits per heavy atom. The number of rotatable bonds is 3. The number of fused-ring (bicyclic) bond motifs is 1. The van der Waals surface area contributed by atoms with Gasteiger partial charge in [0.25, 0.3) is 11.7 Å². The van der Waals surface area contributed by atoms with E-state index in [9.17, 15) is 4.79 Å². The van der Waals surface area contributed by atoms with E-state index in [0.717, 1.165) is 37.1 Å². The molecule has 1 spiro atoms. The summed E-state index contributed by atoms with van der Waals surface area (Å²) in [6, 6.07) is 12.7. The molecule has 2 aromatic carbocycles. The molecular formula is C21H20N4O3. The van der Waals surface area contributed by atoms with Crippen LogP contribution in [0.2, 0.25) is 0 Å². The molecule has 3 aromatic rings. The summed E-state index contributed by atoms with van der Waals surface area (Å²) in [4.78, 5) is 16.5. The highest BCUT2D eigenvalue weighted by atomic mass is 16.7. The molecule has 0 unspecified atom stereocenters. The van der Waals surface area contributed by atoms with E-state index in [1.54, 1.807) is 23.1 Å². The third-order valence-electron chi connectivity index (χ3n) is 5.22. The maximum atomic E-state index is 12.6. The van der Waals surface area contributed by atoms with Crippen molar-refractivity contribution in [3.8, 4) is 17.2 Å². The number of aromatic nitrogens is 3. The molecule has 142 valence electrons. The van der Waals surface area contributed by atoms with Gasteiger partial charge in [-0.05, 0) is 49.2 Å². The Labute approximate surface area is 162 Å². The van der Waals surface area contributed by atoms with E-state index < -0.39 is 5.79 Å². The van der Waals surface area contributed by atoms with Gasteiger partial charge in [-0.1, -0.05) is 6.42 Å². The van der Waals surface area contributed by atoms with Crippen molar-refractivity contribution in [1.82, 2.24) is 14.8 Å². The third-order valence-corrected chi connectivity index (χ3v) is 5.22. The number of nitrogens with one attached hydrogen (secondary N) is 1. The maximum Gasteiger partial charge on any atom is 0.255 e. The normalized spacial score (nSPS) is 16.9. The first-order valence-corrected chi connectivity index (χ1v) is 9.49. The number of carbonyl (C=O) groups is 1. The zero-order chi connectivity index (χ0) is 19.0. The number of hydrogen-bond acceptors (Lipinski definition) is 5. The lowest BCUT2D eigenvalue weighted by Crippen LogP contribution is -2.40. The SMILES string of the molecule is O=C(Nc1ccc2c(c1)OC1(CCCCC1)O2)c1ccc(-n2cncn2)cc1. The van der Waals surface area contributed by atoms with E-state index in [2.05, 4.69) is 15.4 Å². The molecule has 1 aliphatic heterocycles. The van der Waals surface area contributed by atoms with Gasteiger partial charge in [0.15, 0.2) is 11.5 Å². The molecule has 1 saturated carbocycles. The van der Waals surface area contributed by atoms with Gasteiger partial charge in [-0.2, -0.15) is 5.10 Å². The first kappa shape index (κ1) is 16.8. The number of nitrogens with zero attached hydrogens (tertiary/aromatic N) is 3. The fourth-order valence-corrected chi connectivity index (χ4v) is 3.78. The van der Waals surface area contributed by atoms with Crippen LogP contribution in [0.25, 0.3) is 5.69 Å². The van der Waals surface area contributed by atoms with Crippen LogP contribution in [0.1, 0.15) is 42.5 Å². The quantitative estimate of drug-likeness (QED) is 0.749. The van der Waals surface area contributed by atoms with Gasteiger partial charge < -0.3 is 14.8 Å². The Kier molecular flexibility index (Phi) is 4.00. The van der Waals surface area contributed by atoms with E-state index in [4.69, 9.17) is 9.47 Å². The van der Waals surface area contributed by atoms with E-state index >= 15 is 0 Å². The lowest BCUT2D eigenvalue weighted by molar-refractivity contribution is -0.105. The van der Waals surface area contributed by atoms with Crippen LogP contribution in [-0.4, -0.2) is 26.5 Å². The van der Waals surface area contributed by atoms with Crippen molar-refractivity contribution >= 4 is 11.6 Å². The Balaban J connectivity index is 1.29. The average molecular weight is 376 g/mol. The fourth-order valence-electron chi connectivity index (χ4n) is 3.78. The highest BCUT2D eigenvalue weighted by Crippen LogP contribution is 2.46. The van der Waals surface area contributed by atoms with Gasteiger partial charge in [-0.3, -0.25) is 4.79 Å². The van der Waals surface area contributed by atoms with Crippen LogP contribution in [0.15, 0.2) is 55.1 Å². The molecule has 1 aliphatic carbocycles. The van der Waals surface area contributed by atoms with Crippen LogP contribution in [0.4, 0.5) is 5.69 Å². The Hall–Kier alpha value is -3.35. The highest BCUT2D eigenvalue weighted by molar-refractivity contribution is 6.04. The molecule has 1 aromatic heterocycles. The van der Waals surface area contributed by atoms with Gasteiger partial charge in [0.05, 0.1) is 5.69 Å². The monoisotopic (exact) mass is 376 g/mol. The molecule has 0 atom stereocenters. The van der Waals surface area contributed by atoms with E-state index in [-0.39, 0.29) is 5.91 Å². The molecule has 2 aliphatic rings. The smallest absolute Gasteiger partial charge is 0.255 e. The van der Waals surface area contributed by atoms with Gasteiger partial charge >= 0.3 is 0 Å². The van der Waals surface area contributed by atoms with Crippen molar-refractivity contribution in [2.24, 2.45) is 0 Å². The predicted octanol–water partition coefficient (Wildman–Crippen LogP) is 3.95. The lowest BCUT2D eigenvalue weighted by atomic mass is 9.94. The second-order valence-corrected chi connectivity index (χ2v) is 7.18. The van der Waals surface area contributed by atoms with Gasteiger partial charge in [-0.25, -0.2) is 9.67 Å². The van der Waals surface area contributed by atoms with Crippen molar-refractivity contribution in [3.05, 3.63) is 60.7 Å². The van der Waals surface area contributed by atoms with E-state index in [0.29, 0.717) is 17.0 Å². The van der Waals surface area contributed by atoms with Crippen LogP contribution in [0.3, 0.4) is 0 Å².